The molecule has 9 heavy (non-hydrogen) atoms. The summed E-state index contributed by atoms with van der Waals surface area (Å²) in [6.45, 7) is -0.151. The zero-order valence-corrected chi connectivity index (χ0v) is 5.10. The molecule has 0 heterocycles. The third-order valence-corrected chi connectivity index (χ3v) is 0.772. The molecule has 0 saturated heterocycles. The van der Waals surface area contributed by atoms with Crippen LogP contribution in [0, 0.1) is 0 Å². The first-order chi connectivity index (χ1) is 4.27. The SMILES string of the molecule is NC(=O)OCCCCF. The molecule has 0 fully saturated rings. The second kappa shape index (κ2) is 5.34. The largest absolute Gasteiger partial charge is 0.450 e. The summed E-state index contributed by atoms with van der Waals surface area (Å²) in [5.74, 6) is 0. The molecule has 3 nitrogen and oxygen atoms in total. The van der Waals surface area contributed by atoms with Crippen molar-refractivity contribution in [3.63, 3.8) is 0 Å². The lowest BCUT2D eigenvalue weighted by Crippen LogP contribution is -2.13. The van der Waals surface area contributed by atoms with E-state index in [0.29, 0.717) is 12.8 Å². The maximum atomic E-state index is 11.3. The number of nitrogens with two attached hydrogens (primary N) is 1. The molecule has 0 unspecified atom stereocenters. The third kappa shape index (κ3) is 7.20. The Hall–Kier alpha value is -0.800. The first kappa shape index (κ1) is 8.20. The monoisotopic (exact) mass is 135 g/mol. The Kier molecular flexibility index (Phi) is 4.86. The highest BCUT2D eigenvalue weighted by molar-refractivity contribution is 5.64. The van der Waals surface area contributed by atoms with Gasteiger partial charge in [-0.05, 0) is 12.8 Å². The molecule has 0 radical (unpaired) electrons. The van der Waals surface area contributed by atoms with Crippen molar-refractivity contribution >= 4 is 6.09 Å². The summed E-state index contributed by atoms with van der Waals surface area (Å²) in [6, 6.07) is 0. The summed E-state index contributed by atoms with van der Waals surface area (Å²) in [4.78, 5) is 9.87. The van der Waals surface area contributed by atoms with Gasteiger partial charge in [0.1, 0.15) is 0 Å². The molecule has 0 aromatic heterocycles. The number of alkyl halides is 1. The lowest BCUT2D eigenvalue weighted by atomic mass is 10.3. The minimum Gasteiger partial charge on any atom is -0.450 e. The van der Waals surface area contributed by atoms with E-state index in [-0.39, 0.29) is 13.3 Å². The number of rotatable bonds is 4. The number of primary amides is 1. The van der Waals surface area contributed by atoms with Gasteiger partial charge in [0, 0.05) is 0 Å². The van der Waals surface area contributed by atoms with E-state index < -0.39 is 6.09 Å². The van der Waals surface area contributed by atoms with Crippen LogP contribution in [0.3, 0.4) is 0 Å². The van der Waals surface area contributed by atoms with Crippen LogP contribution in [0.15, 0.2) is 0 Å². The van der Waals surface area contributed by atoms with Crippen LogP contribution in [0.5, 0.6) is 0 Å². The Bertz CT molecular complexity index is 87.0. The van der Waals surface area contributed by atoms with Crippen LogP contribution >= 0.6 is 0 Å². The quantitative estimate of drug-likeness (QED) is 0.580. The molecule has 0 aliphatic heterocycles. The van der Waals surface area contributed by atoms with Crippen molar-refractivity contribution in [3.05, 3.63) is 0 Å². The number of carbonyl (C=O) groups is 1. The van der Waals surface area contributed by atoms with Gasteiger partial charge in [-0.1, -0.05) is 0 Å². The van der Waals surface area contributed by atoms with Crippen molar-refractivity contribution in [2.45, 2.75) is 12.8 Å². The molecule has 1 amide bonds. The molecular weight excluding hydrogens is 125 g/mol. The zero-order chi connectivity index (χ0) is 7.11. The zero-order valence-electron chi connectivity index (χ0n) is 5.10. The van der Waals surface area contributed by atoms with Gasteiger partial charge in [-0.3, -0.25) is 4.39 Å². The number of carbonyl (C=O) groups excluding carboxylic acids is 1. The molecule has 4 heteroatoms. The second-order valence-electron chi connectivity index (χ2n) is 1.56. The Morgan fingerprint density at radius 2 is 2.22 bits per heavy atom. The predicted octanol–water partition coefficient (Wildman–Crippen LogP) is 0.831. The van der Waals surface area contributed by atoms with Crippen LogP contribution < -0.4 is 5.73 Å². The van der Waals surface area contributed by atoms with E-state index in [4.69, 9.17) is 0 Å². The fourth-order valence-electron chi connectivity index (χ4n) is 0.369. The van der Waals surface area contributed by atoms with Gasteiger partial charge in [0.15, 0.2) is 0 Å². The maximum Gasteiger partial charge on any atom is 0.404 e. The summed E-state index contributed by atoms with van der Waals surface area (Å²) in [5.41, 5.74) is 4.62. The second-order valence-corrected chi connectivity index (χ2v) is 1.56. The van der Waals surface area contributed by atoms with Gasteiger partial charge in [-0.25, -0.2) is 4.79 Å². The van der Waals surface area contributed by atoms with Crippen LogP contribution in [0.25, 0.3) is 0 Å². The van der Waals surface area contributed by atoms with E-state index in [2.05, 4.69) is 10.5 Å². The van der Waals surface area contributed by atoms with E-state index in [1.165, 1.54) is 0 Å². The third-order valence-electron chi connectivity index (χ3n) is 0.772. The molecule has 0 atom stereocenters. The molecular formula is C5H10FNO2. The average molecular weight is 135 g/mol. The molecule has 2 N–H and O–H groups in total. The van der Waals surface area contributed by atoms with Crippen molar-refractivity contribution in [1.82, 2.24) is 0 Å². The fourth-order valence-corrected chi connectivity index (χ4v) is 0.369. The van der Waals surface area contributed by atoms with E-state index in [1.54, 1.807) is 0 Å². The van der Waals surface area contributed by atoms with Gasteiger partial charge in [0.05, 0.1) is 13.3 Å². The molecule has 0 saturated carbocycles. The van der Waals surface area contributed by atoms with E-state index >= 15 is 0 Å². The molecule has 0 rings (SSSR count). The van der Waals surface area contributed by atoms with E-state index in [1.807, 2.05) is 0 Å². The van der Waals surface area contributed by atoms with Gasteiger partial charge in [0.2, 0.25) is 0 Å². The Morgan fingerprint density at radius 3 is 2.67 bits per heavy atom. The predicted molar refractivity (Wildman–Crippen MR) is 30.7 cm³/mol. The maximum absolute atomic E-state index is 11.3. The molecule has 0 bridgehead atoms. The van der Waals surface area contributed by atoms with Gasteiger partial charge in [-0.15, -0.1) is 0 Å². The molecule has 0 aliphatic carbocycles. The van der Waals surface area contributed by atoms with Crippen LogP contribution in [0.2, 0.25) is 0 Å². The molecule has 54 valence electrons. The highest BCUT2D eigenvalue weighted by Gasteiger charge is 1.91. The molecule has 0 spiro atoms. The van der Waals surface area contributed by atoms with Crippen LogP contribution in [0.4, 0.5) is 9.18 Å². The average Bonchev–Trinajstić information content (AvgIpc) is 1.80. The summed E-state index contributed by atoms with van der Waals surface area (Å²) in [6.07, 6.45) is 0.168. The van der Waals surface area contributed by atoms with Crippen molar-refractivity contribution in [3.8, 4) is 0 Å². The minimum absolute atomic E-state index is 0.221. The highest BCUT2D eigenvalue weighted by atomic mass is 19.1. The van der Waals surface area contributed by atoms with Crippen molar-refractivity contribution in [2.75, 3.05) is 13.3 Å². The standard InChI is InChI=1S/C5H10FNO2/c6-3-1-2-4-9-5(7)8/h1-4H2,(H2,7,8). The Labute approximate surface area is 53.0 Å². The number of ether oxygens (including phenoxy) is 1. The van der Waals surface area contributed by atoms with Crippen LogP contribution in [0.1, 0.15) is 12.8 Å². The normalized spacial score (nSPS) is 9.00. The summed E-state index contributed by atoms with van der Waals surface area (Å²) in [7, 11) is 0. The van der Waals surface area contributed by atoms with Gasteiger partial charge in [-0.2, -0.15) is 0 Å². The van der Waals surface area contributed by atoms with E-state index in [0.717, 1.165) is 0 Å². The highest BCUT2D eigenvalue weighted by Crippen LogP contribution is 1.89. The minimum atomic E-state index is -0.797. The molecule has 0 aliphatic rings. The smallest absolute Gasteiger partial charge is 0.404 e. The molecule has 0 aromatic rings. The number of unbranched alkanes of at least 4 members (excludes halogenated alkanes) is 1. The lowest BCUT2D eigenvalue weighted by molar-refractivity contribution is 0.153. The Morgan fingerprint density at radius 1 is 1.56 bits per heavy atom. The Balaban J connectivity index is 2.83. The van der Waals surface area contributed by atoms with Gasteiger partial charge >= 0.3 is 6.09 Å². The topological polar surface area (TPSA) is 52.3 Å². The summed E-state index contributed by atoms with van der Waals surface area (Å²) >= 11 is 0. The number of halogens is 1. The number of hydrogen-bond donors (Lipinski definition) is 1. The number of amides is 1. The van der Waals surface area contributed by atoms with Crippen LogP contribution in [-0.4, -0.2) is 19.4 Å². The summed E-state index contributed by atoms with van der Waals surface area (Å²) < 4.78 is 15.7. The summed E-state index contributed by atoms with van der Waals surface area (Å²) in [5, 5.41) is 0. The molecule has 0 aromatic carbocycles. The van der Waals surface area contributed by atoms with Crippen LogP contribution in [-0.2, 0) is 4.74 Å². The first-order valence-corrected chi connectivity index (χ1v) is 2.75. The van der Waals surface area contributed by atoms with Crippen molar-refractivity contribution < 1.29 is 13.9 Å². The lowest BCUT2D eigenvalue weighted by Gasteiger charge is -1.96. The first-order valence-electron chi connectivity index (χ1n) is 2.75. The van der Waals surface area contributed by atoms with Crippen molar-refractivity contribution in [2.24, 2.45) is 5.73 Å². The van der Waals surface area contributed by atoms with E-state index in [9.17, 15) is 9.18 Å². The number of hydrogen-bond acceptors (Lipinski definition) is 2. The fraction of sp³-hybridized carbons (Fsp3) is 0.800. The van der Waals surface area contributed by atoms with Gasteiger partial charge in [0.25, 0.3) is 0 Å². The van der Waals surface area contributed by atoms with Crippen molar-refractivity contribution in [1.29, 1.82) is 0 Å². The van der Waals surface area contributed by atoms with Gasteiger partial charge < -0.3 is 10.5 Å².